The van der Waals surface area contributed by atoms with Gasteiger partial charge in [0.2, 0.25) is 5.78 Å². The number of carbonyl (C=O) groups excluding carboxylic acids is 1. The molecule has 0 aliphatic heterocycles. The van der Waals surface area contributed by atoms with E-state index >= 15 is 0 Å². The van der Waals surface area contributed by atoms with Gasteiger partial charge >= 0.3 is 5.97 Å². The first kappa shape index (κ1) is 20.8. The zero-order valence-electron chi connectivity index (χ0n) is 16.2. The number of aromatic carboxylic acids is 1. The Balaban J connectivity index is 2.79. The summed E-state index contributed by atoms with van der Waals surface area (Å²) in [6, 6.07) is 3.02. The first-order valence-electron chi connectivity index (χ1n) is 8.21. The van der Waals surface area contributed by atoms with Crippen molar-refractivity contribution in [2.75, 3.05) is 28.4 Å². The van der Waals surface area contributed by atoms with Crippen LogP contribution in [-0.2, 0) is 0 Å². The number of carboxylic acid groups (broad SMARTS) is 1. The van der Waals surface area contributed by atoms with Gasteiger partial charge in [-0.2, -0.15) is 0 Å². The monoisotopic (exact) mass is 387 g/mol. The van der Waals surface area contributed by atoms with Gasteiger partial charge < -0.3 is 24.1 Å². The number of carboxylic acids is 1. The average molecular weight is 387 g/mol. The number of pyridine rings is 1. The Hall–Kier alpha value is -3.55. The summed E-state index contributed by atoms with van der Waals surface area (Å²) in [5.41, 5.74) is -0.0987. The number of hydrogen-bond donors (Lipinski definition) is 1. The summed E-state index contributed by atoms with van der Waals surface area (Å²) in [7, 11) is 5.56. The van der Waals surface area contributed by atoms with E-state index in [1.54, 1.807) is 19.1 Å². The Labute approximate surface area is 162 Å². The van der Waals surface area contributed by atoms with Gasteiger partial charge in [0.25, 0.3) is 0 Å². The normalized spacial score (nSPS) is 10.6. The Morgan fingerprint density at radius 3 is 2.00 bits per heavy atom. The van der Waals surface area contributed by atoms with Crippen LogP contribution in [0.4, 0.5) is 0 Å². The number of ketones is 1. The minimum Gasteiger partial charge on any atom is -0.496 e. The molecule has 0 amide bonds. The summed E-state index contributed by atoms with van der Waals surface area (Å²) in [6.45, 7) is 1.76. The molecule has 0 atom stereocenters. The third-order valence-electron chi connectivity index (χ3n) is 3.99. The zero-order valence-corrected chi connectivity index (χ0v) is 16.2. The van der Waals surface area contributed by atoms with Crippen molar-refractivity contribution in [3.63, 3.8) is 0 Å². The molecule has 0 unspecified atom stereocenters. The first-order valence-corrected chi connectivity index (χ1v) is 8.21. The molecule has 0 fully saturated rings. The lowest BCUT2D eigenvalue weighted by Crippen LogP contribution is -2.15. The SMILES string of the molecule is C/C=C/c1ncc(C(=O)c2c(OC)cc(OC)cc2OC)c(C(=O)O)c1OC. The molecule has 0 saturated carbocycles. The van der Waals surface area contributed by atoms with Gasteiger partial charge in [0.1, 0.15) is 34.1 Å². The molecule has 148 valence electrons. The number of benzene rings is 1. The van der Waals surface area contributed by atoms with E-state index in [0.29, 0.717) is 11.4 Å². The number of carbonyl (C=O) groups is 2. The number of aromatic nitrogens is 1. The summed E-state index contributed by atoms with van der Waals surface area (Å²) in [5.74, 6) is -1.19. The smallest absolute Gasteiger partial charge is 0.340 e. The molecule has 8 nitrogen and oxygen atoms in total. The molecule has 0 aliphatic rings. The Morgan fingerprint density at radius 2 is 1.57 bits per heavy atom. The van der Waals surface area contributed by atoms with Crippen molar-refractivity contribution in [3.05, 3.63) is 46.8 Å². The van der Waals surface area contributed by atoms with Gasteiger partial charge in [0, 0.05) is 18.3 Å². The lowest BCUT2D eigenvalue weighted by Gasteiger charge is -2.16. The van der Waals surface area contributed by atoms with Crippen LogP contribution >= 0.6 is 0 Å². The van der Waals surface area contributed by atoms with Crippen LogP contribution in [0.2, 0.25) is 0 Å². The maximum Gasteiger partial charge on any atom is 0.340 e. The third kappa shape index (κ3) is 3.75. The van der Waals surface area contributed by atoms with Crippen LogP contribution in [0.3, 0.4) is 0 Å². The summed E-state index contributed by atoms with van der Waals surface area (Å²) < 4.78 is 21.0. The summed E-state index contributed by atoms with van der Waals surface area (Å²) >= 11 is 0. The first-order chi connectivity index (χ1) is 13.4. The highest BCUT2D eigenvalue weighted by molar-refractivity contribution is 6.17. The fourth-order valence-electron chi connectivity index (χ4n) is 2.74. The summed E-state index contributed by atoms with van der Waals surface area (Å²) in [4.78, 5) is 29.4. The van der Waals surface area contributed by atoms with Crippen molar-refractivity contribution in [2.45, 2.75) is 6.92 Å². The molecule has 1 N–H and O–H groups in total. The van der Waals surface area contributed by atoms with Gasteiger partial charge in [0.15, 0.2) is 5.75 Å². The lowest BCUT2D eigenvalue weighted by molar-refractivity contribution is 0.0688. The molecule has 1 heterocycles. The van der Waals surface area contributed by atoms with Crippen molar-refractivity contribution in [2.24, 2.45) is 0 Å². The second-order valence-corrected chi connectivity index (χ2v) is 5.51. The van der Waals surface area contributed by atoms with E-state index in [2.05, 4.69) is 4.98 Å². The van der Waals surface area contributed by atoms with Gasteiger partial charge in [-0.3, -0.25) is 9.78 Å². The standard InChI is InChI=1S/C20H21NO7/c1-6-7-13-19(28-5)16(20(23)24)12(10-21-13)18(22)17-14(26-3)8-11(25-2)9-15(17)27-4/h6-10H,1-5H3,(H,23,24)/b7-6+. The highest BCUT2D eigenvalue weighted by atomic mass is 16.5. The van der Waals surface area contributed by atoms with Gasteiger partial charge in [-0.25, -0.2) is 4.79 Å². The van der Waals surface area contributed by atoms with E-state index in [4.69, 9.17) is 18.9 Å². The van der Waals surface area contributed by atoms with Crippen LogP contribution in [0.1, 0.15) is 38.9 Å². The van der Waals surface area contributed by atoms with E-state index in [-0.39, 0.29) is 33.9 Å². The van der Waals surface area contributed by atoms with Crippen LogP contribution in [-0.4, -0.2) is 50.3 Å². The Morgan fingerprint density at radius 1 is 0.964 bits per heavy atom. The van der Waals surface area contributed by atoms with Gasteiger partial charge in [-0.15, -0.1) is 0 Å². The second-order valence-electron chi connectivity index (χ2n) is 5.51. The maximum atomic E-state index is 13.3. The van der Waals surface area contributed by atoms with Crippen molar-refractivity contribution in [3.8, 4) is 23.0 Å². The molecular weight excluding hydrogens is 366 g/mol. The van der Waals surface area contributed by atoms with Crippen molar-refractivity contribution < 1.29 is 33.6 Å². The summed E-state index contributed by atoms with van der Waals surface area (Å²) in [6.07, 6.45) is 4.48. The molecule has 0 spiro atoms. The topological polar surface area (TPSA) is 104 Å². The largest absolute Gasteiger partial charge is 0.496 e. The molecule has 0 saturated heterocycles. The van der Waals surface area contributed by atoms with E-state index in [1.807, 2.05) is 0 Å². The molecule has 0 radical (unpaired) electrons. The Kier molecular flexibility index (Phi) is 6.59. The molecule has 8 heteroatoms. The number of hydrogen-bond acceptors (Lipinski definition) is 7. The summed E-state index contributed by atoms with van der Waals surface area (Å²) in [5, 5.41) is 9.73. The van der Waals surface area contributed by atoms with E-state index in [1.165, 1.54) is 46.8 Å². The van der Waals surface area contributed by atoms with E-state index in [0.717, 1.165) is 0 Å². The van der Waals surface area contributed by atoms with Crippen LogP contribution in [0.5, 0.6) is 23.0 Å². The number of rotatable bonds is 8. The molecule has 0 bridgehead atoms. The van der Waals surface area contributed by atoms with E-state index in [9.17, 15) is 14.7 Å². The highest BCUT2D eigenvalue weighted by Gasteiger charge is 2.29. The molecule has 0 aliphatic carbocycles. The predicted octanol–water partition coefficient (Wildman–Crippen LogP) is 3.08. The minimum atomic E-state index is -1.32. The molecule has 2 rings (SSSR count). The fourth-order valence-corrected chi connectivity index (χ4v) is 2.74. The van der Waals surface area contributed by atoms with Crippen molar-refractivity contribution in [1.82, 2.24) is 4.98 Å². The minimum absolute atomic E-state index is 0.0112. The quantitative estimate of drug-likeness (QED) is 0.689. The molecule has 1 aromatic carbocycles. The lowest BCUT2D eigenvalue weighted by atomic mass is 9.97. The fraction of sp³-hybridized carbons (Fsp3) is 0.250. The molecule has 2 aromatic rings. The average Bonchev–Trinajstić information content (AvgIpc) is 2.71. The number of nitrogens with zero attached hydrogens (tertiary/aromatic N) is 1. The Bertz CT molecular complexity index is 909. The van der Waals surface area contributed by atoms with Crippen LogP contribution in [0.25, 0.3) is 6.08 Å². The zero-order chi connectivity index (χ0) is 20.8. The van der Waals surface area contributed by atoms with Crippen LogP contribution < -0.4 is 18.9 Å². The maximum absolute atomic E-state index is 13.3. The highest BCUT2D eigenvalue weighted by Crippen LogP contribution is 2.37. The van der Waals surface area contributed by atoms with Gasteiger partial charge in [0.05, 0.1) is 34.0 Å². The number of allylic oxidation sites excluding steroid dienone is 1. The molecule has 1 aromatic heterocycles. The van der Waals surface area contributed by atoms with Crippen molar-refractivity contribution in [1.29, 1.82) is 0 Å². The van der Waals surface area contributed by atoms with Crippen LogP contribution in [0, 0.1) is 0 Å². The van der Waals surface area contributed by atoms with Crippen molar-refractivity contribution >= 4 is 17.8 Å². The third-order valence-corrected chi connectivity index (χ3v) is 3.99. The second kappa shape index (κ2) is 8.90. The van der Waals surface area contributed by atoms with Crippen LogP contribution in [0.15, 0.2) is 24.4 Å². The van der Waals surface area contributed by atoms with Gasteiger partial charge in [-0.1, -0.05) is 6.08 Å². The number of ether oxygens (including phenoxy) is 4. The molecule has 28 heavy (non-hydrogen) atoms. The predicted molar refractivity (Wildman–Crippen MR) is 102 cm³/mol. The molecular formula is C20H21NO7. The van der Waals surface area contributed by atoms with Gasteiger partial charge in [-0.05, 0) is 13.0 Å². The van der Waals surface area contributed by atoms with E-state index < -0.39 is 11.8 Å². The number of methoxy groups -OCH3 is 4.